The number of aryl methyl sites for hydroxylation is 3. The normalized spacial score (nSPS) is 11.7. The predicted molar refractivity (Wildman–Crippen MR) is 119 cm³/mol. The van der Waals surface area contributed by atoms with Gasteiger partial charge in [0.2, 0.25) is 0 Å². The summed E-state index contributed by atoms with van der Waals surface area (Å²) in [6.45, 7) is 1.72. The molecule has 0 saturated carbocycles. The van der Waals surface area contributed by atoms with E-state index in [0.717, 1.165) is 6.07 Å². The van der Waals surface area contributed by atoms with Gasteiger partial charge in [0.1, 0.15) is 16.4 Å². The first-order valence-electron chi connectivity index (χ1n) is 9.30. The Kier molecular flexibility index (Phi) is 5.39. The topological polar surface area (TPSA) is 111 Å². The van der Waals surface area contributed by atoms with Crippen LogP contribution < -0.4 is 10.0 Å². The minimum absolute atomic E-state index is 0.0264. The largest absolute Gasteiger partial charge is 0.321 e. The van der Waals surface area contributed by atoms with Gasteiger partial charge in [0.25, 0.3) is 15.9 Å². The minimum atomic E-state index is -3.84. The fourth-order valence-electron chi connectivity index (χ4n) is 3.24. The zero-order valence-corrected chi connectivity index (χ0v) is 18.8. The van der Waals surface area contributed by atoms with Crippen LogP contribution in [0.3, 0.4) is 0 Å². The number of hydrogen-bond donors (Lipinski definition) is 2. The summed E-state index contributed by atoms with van der Waals surface area (Å²) in [6.07, 6.45) is 2.64. The number of amides is 1. The van der Waals surface area contributed by atoms with E-state index < -0.39 is 21.7 Å². The van der Waals surface area contributed by atoms with Gasteiger partial charge >= 0.3 is 0 Å². The summed E-state index contributed by atoms with van der Waals surface area (Å²) in [4.78, 5) is 12.9. The smallest absolute Gasteiger partial charge is 0.274 e. The van der Waals surface area contributed by atoms with Gasteiger partial charge in [0.05, 0.1) is 22.4 Å². The minimum Gasteiger partial charge on any atom is -0.321 e. The molecule has 32 heavy (non-hydrogen) atoms. The number of halogens is 2. The third-order valence-electron chi connectivity index (χ3n) is 4.81. The van der Waals surface area contributed by atoms with Crippen LogP contribution in [-0.4, -0.2) is 33.9 Å². The molecule has 12 heteroatoms. The number of benzene rings is 2. The van der Waals surface area contributed by atoms with Crippen LogP contribution in [0.5, 0.6) is 0 Å². The maximum Gasteiger partial charge on any atom is 0.274 e. The number of carbonyl (C=O) groups excluding carboxylic acids is 1. The van der Waals surface area contributed by atoms with E-state index in [0.29, 0.717) is 27.8 Å². The Balaban J connectivity index is 1.68. The monoisotopic (exact) mass is 476 g/mol. The number of rotatable bonds is 5. The molecule has 9 nitrogen and oxygen atoms in total. The fourth-order valence-corrected chi connectivity index (χ4v) is 4.52. The Morgan fingerprint density at radius 3 is 2.59 bits per heavy atom. The highest BCUT2D eigenvalue weighted by Gasteiger charge is 2.21. The number of sulfonamides is 1. The Labute approximate surface area is 187 Å². The maximum absolute atomic E-state index is 13.4. The Morgan fingerprint density at radius 2 is 1.94 bits per heavy atom. The molecule has 0 aliphatic heterocycles. The van der Waals surface area contributed by atoms with Crippen molar-refractivity contribution in [2.24, 2.45) is 14.1 Å². The molecule has 0 atom stereocenters. The lowest BCUT2D eigenvalue weighted by molar-refractivity contribution is 0.101. The van der Waals surface area contributed by atoms with Crippen molar-refractivity contribution in [1.82, 2.24) is 19.6 Å². The lowest BCUT2D eigenvalue weighted by Crippen LogP contribution is -2.16. The zero-order valence-electron chi connectivity index (χ0n) is 17.2. The first-order chi connectivity index (χ1) is 15.0. The van der Waals surface area contributed by atoms with E-state index in [1.54, 1.807) is 33.2 Å². The van der Waals surface area contributed by atoms with Gasteiger partial charge in [-0.25, -0.2) is 12.8 Å². The molecule has 166 valence electrons. The Bertz CT molecular complexity index is 1480. The van der Waals surface area contributed by atoms with E-state index in [1.807, 2.05) is 0 Å². The molecule has 0 aliphatic rings. The van der Waals surface area contributed by atoms with Crippen LogP contribution >= 0.6 is 11.6 Å². The first kappa shape index (κ1) is 21.8. The number of carbonyl (C=O) groups is 1. The van der Waals surface area contributed by atoms with Crippen molar-refractivity contribution >= 4 is 49.8 Å². The van der Waals surface area contributed by atoms with Crippen LogP contribution in [0.2, 0.25) is 5.02 Å². The first-order valence-corrected chi connectivity index (χ1v) is 11.2. The summed E-state index contributed by atoms with van der Waals surface area (Å²) in [7, 11) is -0.622. The molecule has 1 amide bonds. The molecule has 0 radical (unpaired) electrons. The number of nitrogens with zero attached hydrogens (tertiary/aromatic N) is 4. The van der Waals surface area contributed by atoms with Crippen molar-refractivity contribution < 1.29 is 17.6 Å². The lowest BCUT2D eigenvalue weighted by atomic mass is 10.1. The van der Waals surface area contributed by atoms with Crippen molar-refractivity contribution in [2.45, 2.75) is 11.8 Å². The van der Waals surface area contributed by atoms with Gasteiger partial charge in [-0.05, 0) is 42.8 Å². The number of aromatic nitrogens is 4. The van der Waals surface area contributed by atoms with E-state index in [1.165, 1.54) is 33.9 Å². The summed E-state index contributed by atoms with van der Waals surface area (Å²) in [5, 5.41) is 11.3. The Morgan fingerprint density at radius 1 is 1.19 bits per heavy atom. The second kappa shape index (κ2) is 7.92. The number of hydrogen-bond acceptors (Lipinski definition) is 5. The average Bonchev–Trinajstić information content (AvgIpc) is 3.28. The van der Waals surface area contributed by atoms with Crippen molar-refractivity contribution in [3.63, 3.8) is 0 Å². The second-order valence-electron chi connectivity index (χ2n) is 7.19. The number of nitrogens with one attached hydrogen (secondary N) is 2. The van der Waals surface area contributed by atoms with Crippen LogP contribution in [0.4, 0.5) is 15.8 Å². The maximum atomic E-state index is 13.4. The molecule has 2 aromatic carbocycles. The van der Waals surface area contributed by atoms with Gasteiger partial charge in [-0.2, -0.15) is 10.2 Å². The van der Waals surface area contributed by atoms with E-state index >= 15 is 0 Å². The summed E-state index contributed by atoms with van der Waals surface area (Å²) in [6, 6.07) is 7.10. The van der Waals surface area contributed by atoms with Crippen LogP contribution in [0.1, 0.15) is 16.1 Å². The molecule has 2 heterocycles. The van der Waals surface area contributed by atoms with E-state index in [2.05, 4.69) is 20.2 Å². The molecule has 4 aromatic rings. The van der Waals surface area contributed by atoms with Gasteiger partial charge in [-0.3, -0.25) is 18.9 Å². The molecule has 0 spiro atoms. The van der Waals surface area contributed by atoms with E-state index in [4.69, 9.17) is 11.6 Å². The highest BCUT2D eigenvalue weighted by atomic mass is 35.5. The fraction of sp³-hybridized carbons (Fsp3) is 0.150. The zero-order chi connectivity index (χ0) is 23.2. The second-order valence-corrected chi connectivity index (χ2v) is 9.28. The standard InChI is InChI=1S/C20H18ClFN6O3S/c1-11-6-14-18(8-17(11)26-32(30,31)13-9-23-27(2)10-13)25-28(3)19(14)20(29)24-12-4-5-16(22)15(21)7-12/h4-10,26H,1-3H3,(H,24,29). The predicted octanol–water partition coefficient (Wildman–Crippen LogP) is 3.46. The van der Waals surface area contributed by atoms with E-state index in [9.17, 15) is 17.6 Å². The van der Waals surface area contributed by atoms with Crippen LogP contribution in [-0.2, 0) is 24.1 Å². The highest BCUT2D eigenvalue weighted by Crippen LogP contribution is 2.28. The SMILES string of the molecule is Cc1cc2c(C(=O)Nc3ccc(F)c(Cl)c3)n(C)nc2cc1NS(=O)(=O)c1cnn(C)c1. The van der Waals surface area contributed by atoms with E-state index in [-0.39, 0.29) is 15.6 Å². The summed E-state index contributed by atoms with van der Waals surface area (Å²) < 4.78 is 44.0. The molecule has 0 saturated heterocycles. The van der Waals surface area contributed by atoms with Crippen molar-refractivity contribution in [1.29, 1.82) is 0 Å². The van der Waals surface area contributed by atoms with Crippen molar-refractivity contribution in [3.8, 4) is 0 Å². The quantitative estimate of drug-likeness (QED) is 0.458. The molecule has 4 rings (SSSR count). The lowest BCUT2D eigenvalue weighted by Gasteiger charge is -2.10. The summed E-state index contributed by atoms with van der Waals surface area (Å²) in [5.41, 5.74) is 1.93. The number of fused-ring (bicyclic) bond motifs is 1. The van der Waals surface area contributed by atoms with Crippen molar-refractivity contribution in [2.75, 3.05) is 10.0 Å². The summed E-state index contributed by atoms with van der Waals surface area (Å²) >= 11 is 5.78. The third kappa shape index (κ3) is 4.04. The van der Waals surface area contributed by atoms with Crippen molar-refractivity contribution in [3.05, 3.63) is 64.8 Å². The molecule has 0 aliphatic carbocycles. The van der Waals surface area contributed by atoms with Crippen LogP contribution in [0.15, 0.2) is 47.6 Å². The summed E-state index contributed by atoms with van der Waals surface area (Å²) in [5.74, 6) is -1.06. The molecule has 0 bridgehead atoms. The molecule has 0 unspecified atom stereocenters. The highest BCUT2D eigenvalue weighted by molar-refractivity contribution is 7.92. The Hall–Kier alpha value is -3.44. The molecule has 2 aromatic heterocycles. The van der Waals surface area contributed by atoms with Gasteiger partial charge in [0, 0.05) is 31.4 Å². The van der Waals surface area contributed by atoms with Crippen LogP contribution in [0, 0.1) is 12.7 Å². The van der Waals surface area contributed by atoms with Gasteiger partial charge in [-0.1, -0.05) is 11.6 Å². The molecule has 2 N–H and O–H groups in total. The molecule has 0 fully saturated rings. The molecular formula is C20H18ClFN6O3S. The number of anilines is 2. The third-order valence-corrected chi connectivity index (χ3v) is 6.42. The van der Waals surface area contributed by atoms with Gasteiger partial charge in [-0.15, -0.1) is 0 Å². The van der Waals surface area contributed by atoms with Gasteiger partial charge < -0.3 is 5.32 Å². The molecular weight excluding hydrogens is 459 g/mol. The van der Waals surface area contributed by atoms with Gasteiger partial charge in [0.15, 0.2) is 0 Å². The van der Waals surface area contributed by atoms with Crippen LogP contribution in [0.25, 0.3) is 10.9 Å². The average molecular weight is 477 g/mol.